The van der Waals surface area contributed by atoms with Crippen molar-refractivity contribution in [2.75, 3.05) is 6.61 Å². The highest BCUT2D eigenvalue weighted by Crippen LogP contribution is 2.19. The molecule has 21 heavy (non-hydrogen) atoms. The number of nitrogens with two attached hydrogens (primary N) is 1. The van der Waals surface area contributed by atoms with Crippen LogP contribution in [0.15, 0.2) is 54.6 Å². The first kappa shape index (κ1) is 14.4. The summed E-state index contributed by atoms with van der Waals surface area (Å²) in [6, 6.07) is 18.7. The standard InChI is InChI=1S/C17H14N2O2/c18-11-15(14-4-2-1-3-5-14)10-13-6-8-16(9-7-13)21-12-17(19)20/h1-10H,12H2,(H2,19,20). The van der Waals surface area contributed by atoms with E-state index in [1.807, 2.05) is 42.5 Å². The molecule has 2 aromatic carbocycles. The average molecular weight is 278 g/mol. The Kier molecular flexibility index (Phi) is 4.73. The molecule has 0 saturated carbocycles. The molecule has 2 aromatic rings. The van der Waals surface area contributed by atoms with E-state index in [1.165, 1.54) is 0 Å². The summed E-state index contributed by atoms with van der Waals surface area (Å²) in [6.45, 7) is -0.150. The van der Waals surface area contributed by atoms with Crippen molar-refractivity contribution < 1.29 is 9.53 Å². The number of hydrogen-bond acceptors (Lipinski definition) is 3. The maximum Gasteiger partial charge on any atom is 0.255 e. The molecule has 0 aliphatic rings. The SMILES string of the molecule is N#CC(=Cc1ccc(OCC(N)=O)cc1)c1ccccc1. The van der Waals surface area contributed by atoms with Crippen LogP contribution in [0.3, 0.4) is 0 Å². The van der Waals surface area contributed by atoms with E-state index in [9.17, 15) is 10.1 Å². The van der Waals surface area contributed by atoms with Gasteiger partial charge in [-0.3, -0.25) is 4.79 Å². The number of rotatable bonds is 5. The van der Waals surface area contributed by atoms with Crippen molar-refractivity contribution in [3.63, 3.8) is 0 Å². The second kappa shape index (κ2) is 6.92. The third kappa shape index (κ3) is 4.22. The quantitative estimate of drug-likeness (QED) is 0.674. The largest absolute Gasteiger partial charge is 0.484 e. The molecule has 0 atom stereocenters. The van der Waals surface area contributed by atoms with Crippen molar-refractivity contribution in [2.45, 2.75) is 0 Å². The van der Waals surface area contributed by atoms with Gasteiger partial charge in [0.1, 0.15) is 5.75 Å². The van der Waals surface area contributed by atoms with Gasteiger partial charge in [-0.25, -0.2) is 0 Å². The highest BCUT2D eigenvalue weighted by molar-refractivity contribution is 5.89. The van der Waals surface area contributed by atoms with Crippen LogP contribution in [0.5, 0.6) is 5.75 Å². The molecule has 104 valence electrons. The lowest BCUT2D eigenvalue weighted by Crippen LogP contribution is -2.19. The zero-order valence-corrected chi connectivity index (χ0v) is 11.3. The highest BCUT2D eigenvalue weighted by Gasteiger charge is 2.01. The molecule has 0 unspecified atom stereocenters. The first-order chi connectivity index (χ1) is 10.2. The summed E-state index contributed by atoms with van der Waals surface area (Å²) in [5.74, 6) is 0.0407. The van der Waals surface area contributed by atoms with Crippen molar-refractivity contribution >= 4 is 17.6 Å². The van der Waals surface area contributed by atoms with E-state index >= 15 is 0 Å². The van der Waals surface area contributed by atoms with Crippen LogP contribution < -0.4 is 10.5 Å². The fourth-order valence-corrected chi connectivity index (χ4v) is 1.78. The van der Waals surface area contributed by atoms with E-state index < -0.39 is 5.91 Å². The Morgan fingerprint density at radius 2 is 1.81 bits per heavy atom. The Morgan fingerprint density at radius 3 is 2.38 bits per heavy atom. The van der Waals surface area contributed by atoms with Gasteiger partial charge >= 0.3 is 0 Å². The van der Waals surface area contributed by atoms with Gasteiger partial charge in [0.15, 0.2) is 6.61 Å². The summed E-state index contributed by atoms with van der Waals surface area (Å²) >= 11 is 0. The topological polar surface area (TPSA) is 76.1 Å². The van der Waals surface area contributed by atoms with Crippen molar-refractivity contribution in [1.82, 2.24) is 0 Å². The van der Waals surface area contributed by atoms with Crippen molar-refractivity contribution in [3.8, 4) is 11.8 Å². The van der Waals surface area contributed by atoms with E-state index in [1.54, 1.807) is 18.2 Å². The molecule has 1 amide bonds. The Hall–Kier alpha value is -3.06. The molecule has 0 heterocycles. The second-order valence-corrected chi connectivity index (χ2v) is 4.36. The average Bonchev–Trinajstić information content (AvgIpc) is 2.52. The molecule has 0 aliphatic carbocycles. The maximum absolute atomic E-state index is 10.6. The number of nitrogens with zero attached hydrogens (tertiary/aromatic N) is 1. The monoisotopic (exact) mass is 278 g/mol. The molecule has 4 heteroatoms. The fourth-order valence-electron chi connectivity index (χ4n) is 1.78. The van der Waals surface area contributed by atoms with Crippen LogP contribution in [0.4, 0.5) is 0 Å². The zero-order chi connectivity index (χ0) is 15.1. The van der Waals surface area contributed by atoms with E-state index in [-0.39, 0.29) is 6.61 Å². The van der Waals surface area contributed by atoms with Crippen molar-refractivity contribution in [3.05, 3.63) is 65.7 Å². The number of primary amides is 1. The number of benzene rings is 2. The van der Waals surface area contributed by atoms with E-state index in [0.29, 0.717) is 11.3 Å². The number of amides is 1. The van der Waals surface area contributed by atoms with Crippen LogP contribution in [0, 0.1) is 11.3 Å². The predicted octanol–water partition coefficient (Wildman–Crippen LogP) is 2.61. The summed E-state index contributed by atoms with van der Waals surface area (Å²) in [7, 11) is 0. The third-order valence-electron chi connectivity index (χ3n) is 2.78. The van der Waals surface area contributed by atoms with Gasteiger partial charge in [0.25, 0.3) is 5.91 Å². The lowest BCUT2D eigenvalue weighted by atomic mass is 10.0. The van der Waals surface area contributed by atoms with Gasteiger partial charge < -0.3 is 10.5 Å². The van der Waals surface area contributed by atoms with Gasteiger partial charge in [0.05, 0.1) is 11.6 Å². The van der Waals surface area contributed by atoms with Crippen molar-refractivity contribution in [2.24, 2.45) is 5.73 Å². The molecule has 0 saturated heterocycles. The number of ether oxygens (including phenoxy) is 1. The number of hydrogen-bond donors (Lipinski definition) is 1. The second-order valence-electron chi connectivity index (χ2n) is 4.36. The summed E-state index contributed by atoms with van der Waals surface area (Å²) in [6.07, 6.45) is 1.80. The number of carbonyl (C=O) groups excluding carboxylic acids is 1. The Morgan fingerprint density at radius 1 is 1.14 bits per heavy atom. The van der Waals surface area contributed by atoms with Gasteiger partial charge in [0, 0.05) is 0 Å². The van der Waals surface area contributed by atoms with Gasteiger partial charge in [0.2, 0.25) is 0 Å². The van der Waals surface area contributed by atoms with E-state index in [2.05, 4.69) is 6.07 Å². The lowest BCUT2D eigenvalue weighted by molar-refractivity contribution is -0.119. The summed E-state index contributed by atoms with van der Waals surface area (Å²) in [5, 5.41) is 9.25. The first-order valence-electron chi connectivity index (χ1n) is 6.37. The minimum Gasteiger partial charge on any atom is -0.484 e. The first-order valence-corrected chi connectivity index (χ1v) is 6.37. The zero-order valence-electron chi connectivity index (χ0n) is 11.3. The van der Waals surface area contributed by atoms with Crippen LogP contribution in [0.25, 0.3) is 11.6 Å². The molecule has 0 radical (unpaired) electrons. The molecule has 0 fully saturated rings. The summed E-state index contributed by atoms with van der Waals surface area (Å²) < 4.78 is 5.18. The molecule has 2 N–H and O–H groups in total. The maximum atomic E-state index is 10.6. The molecule has 0 aromatic heterocycles. The van der Waals surface area contributed by atoms with Gasteiger partial charge in [-0.2, -0.15) is 5.26 Å². The molecular formula is C17H14N2O2. The summed E-state index contributed by atoms with van der Waals surface area (Å²) in [5.41, 5.74) is 7.34. The Labute approximate surface area is 123 Å². The Balaban J connectivity index is 2.16. The van der Waals surface area contributed by atoms with Crippen molar-refractivity contribution in [1.29, 1.82) is 5.26 Å². The smallest absolute Gasteiger partial charge is 0.255 e. The van der Waals surface area contributed by atoms with Crippen LogP contribution >= 0.6 is 0 Å². The summed E-state index contributed by atoms with van der Waals surface area (Å²) in [4.78, 5) is 10.6. The van der Waals surface area contributed by atoms with Crippen LogP contribution in [0.1, 0.15) is 11.1 Å². The minimum absolute atomic E-state index is 0.150. The molecule has 0 bridgehead atoms. The number of carbonyl (C=O) groups is 1. The van der Waals surface area contributed by atoms with Gasteiger partial charge in [-0.1, -0.05) is 42.5 Å². The third-order valence-corrected chi connectivity index (χ3v) is 2.78. The number of allylic oxidation sites excluding steroid dienone is 1. The van der Waals surface area contributed by atoms with E-state index in [4.69, 9.17) is 10.5 Å². The fraction of sp³-hybridized carbons (Fsp3) is 0.0588. The molecule has 0 spiro atoms. The molecule has 4 nitrogen and oxygen atoms in total. The minimum atomic E-state index is -0.519. The molecule has 0 aliphatic heterocycles. The van der Waals surface area contributed by atoms with Crippen LogP contribution in [-0.4, -0.2) is 12.5 Å². The molecular weight excluding hydrogens is 264 g/mol. The lowest BCUT2D eigenvalue weighted by Gasteiger charge is -2.04. The van der Waals surface area contributed by atoms with E-state index in [0.717, 1.165) is 11.1 Å². The Bertz CT molecular complexity index is 683. The normalized spacial score (nSPS) is 10.7. The van der Waals surface area contributed by atoms with Gasteiger partial charge in [-0.15, -0.1) is 0 Å². The molecule has 2 rings (SSSR count). The van der Waals surface area contributed by atoms with Crippen LogP contribution in [0.2, 0.25) is 0 Å². The highest BCUT2D eigenvalue weighted by atomic mass is 16.5. The predicted molar refractivity (Wildman–Crippen MR) is 81.1 cm³/mol. The number of nitriles is 1. The van der Waals surface area contributed by atoms with Gasteiger partial charge in [-0.05, 0) is 29.3 Å². The van der Waals surface area contributed by atoms with Crippen LogP contribution in [-0.2, 0) is 4.79 Å².